The number of benzene rings is 1. The number of hydrogen-bond donors (Lipinski definition) is 1. The zero-order valence-corrected chi connectivity index (χ0v) is 9.99. The SMILES string of the molecule is CCc1ccc(C(=O)c2cccc(C)c2N)o1. The van der Waals surface area contributed by atoms with E-state index in [-0.39, 0.29) is 5.78 Å². The number of ketones is 1. The molecule has 0 aliphatic heterocycles. The molecule has 3 nitrogen and oxygen atoms in total. The van der Waals surface area contributed by atoms with Crippen LogP contribution in [0.1, 0.15) is 34.4 Å². The van der Waals surface area contributed by atoms with Crippen LogP contribution in [-0.2, 0) is 6.42 Å². The van der Waals surface area contributed by atoms with Gasteiger partial charge >= 0.3 is 0 Å². The molecular weight excluding hydrogens is 214 g/mol. The van der Waals surface area contributed by atoms with Gasteiger partial charge in [0.2, 0.25) is 5.78 Å². The van der Waals surface area contributed by atoms with Gasteiger partial charge in [-0.15, -0.1) is 0 Å². The van der Waals surface area contributed by atoms with Gasteiger partial charge in [-0.3, -0.25) is 4.79 Å². The average Bonchev–Trinajstić information content (AvgIpc) is 2.80. The number of anilines is 1. The van der Waals surface area contributed by atoms with E-state index in [2.05, 4.69) is 0 Å². The molecule has 88 valence electrons. The molecule has 0 bridgehead atoms. The molecule has 1 heterocycles. The molecule has 0 saturated carbocycles. The summed E-state index contributed by atoms with van der Waals surface area (Å²) in [5, 5.41) is 0. The molecule has 2 rings (SSSR count). The molecule has 17 heavy (non-hydrogen) atoms. The number of furan rings is 1. The van der Waals surface area contributed by atoms with Crippen LogP contribution in [0.2, 0.25) is 0 Å². The van der Waals surface area contributed by atoms with E-state index in [1.165, 1.54) is 0 Å². The van der Waals surface area contributed by atoms with Crippen LogP contribution in [0.5, 0.6) is 0 Å². The molecule has 0 fully saturated rings. The number of hydrogen-bond acceptors (Lipinski definition) is 3. The normalized spacial score (nSPS) is 10.5. The van der Waals surface area contributed by atoms with Crippen LogP contribution in [0, 0.1) is 6.92 Å². The second-order valence-electron chi connectivity index (χ2n) is 3.98. The molecular formula is C14H15NO2. The zero-order valence-electron chi connectivity index (χ0n) is 9.99. The van der Waals surface area contributed by atoms with Gasteiger partial charge in [-0.2, -0.15) is 0 Å². The highest BCUT2D eigenvalue weighted by Crippen LogP contribution is 2.21. The fourth-order valence-electron chi connectivity index (χ4n) is 1.70. The molecule has 0 aliphatic rings. The van der Waals surface area contributed by atoms with E-state index in [0.29, 0.717) is 17.0 Å². The maximum Gasteiger partial charge on any atom is 0.230 e. The quantitative estimate of drug-likeness (QED) is 0.650. The van der Waals surface area contributed by atoms with Crippen molar-refractivity contribution in [3.8, 4) is 0 Å². The molecule has 0 radical (unpaired) electrons. The van der Waals surface area contributed by atoms with Crippen molar-refractivity contribution in [2.75, 3.05) is 5.73 Å². The van der Waals surface area contributed by atoms with E-state index < -0.39 is 0 Å². The lowest BCUT2D eigenvalue weighted by Gasteiger charge is -2.05. The first-order valence-corrected chi connectivity index (χ1v) is 5.62. The molecule has 0 atom stereocenters. The monoisotopic (exact) mass is 229 g/mol. The predicted octanol–water partition coefficient (Wildman–Crippen LogP) is 2.96. The van der Waals surface area contributed by atoms with E-state index in [1.807, 2.05) is 32.0 Å². The van der Waals surface area contributed by atoms with Crippen LogP contribution < -0.4 is 5.73 Å². The van der Waals surface area contributed by atoms with E-state index in [4.69, 9.17) is 10.2 Å². The Bertz CT molecular complexity index is 555. The summed E-state index contributed by atoms with van der Waals surface area (Å²) in [6.07, 6.45) is 0.774. The molecule has 2 aromatic rings. The highest BCUT2D eigenvalue weighted by molar-refractivity contribution is 6.10. The number of nitrogen functional groups attached to an aromatic ring is 1. The standard InChI is InChI=1S/C14H15NO2/c1-3-10-7-8-12(17-10)14(16)11-6-4-5-9(2)13(11)15/h4-8H,3,15H2,1-2H3. The van der Waals surface area contributed by atoms with Crippen molar-refractivity contribution in [1.82, 2.24) is 0 Å². The Labute approximate surface area is 100 Å². The lowest BCUT2D eigenvalue weighted by molar-refractivity contribution is 0.101. The van der Waals surface area contributed by atoms with Gasteiger partial charge in [0.25, 0.3) is 0 Å². The molecule has 1 aromatic heterocycles. The maximum atomic E-state index is 12.2. The third-order valence-electron chi connectivity index (χ3n) is 2.80. The first-order valence-electron chi connectivity index (χ1n) is 5.62. The second-order valence-corrected chi connectivity index (χ2v) is 3.98. The fraction of sp³-hybridized carbons (Fsp3) is 0.214. The van der Waals surface area contributed by atoms with Crippen molar-refractivity contribution >= 4 is 11.5 Å². The highest BCUT2D eigenvalue weighted by atomic mass is 16.3. The minimum atomic E-state index is -0.161. The van der Waals surface area contributed by atoms with Crippen molar-refractivity contribution in [2.24, 2.45) is 0 Å². The molecule has 3 heteroatoms. The van der Waals surface area contributed by atoms with Crippen LogP contribution in [0.4, 0.5) is 5.69 Å². The fourth-order valence-corrected chi connectivity index (χ4v) is 1.70. The van der Waals surface area contributed by atoms with Crippen LogP contribution in [0.15, 0.2) is 34.7 Å². The number of para-hydroxylation sites is 1. The lowest BCUT2D eigenvalue weighted by atomic mass is 10.0. The van der Waals surface area contributed by atoms with Gasteiger partial charge in [0, 0.05) is 17.7 Å². The summed E-state index contributed by atoms with van der Waals surface area (Å²) < 4.78 is 5.44. The summed E-state index contributed by atoms with van der Waals surface area (Å²) >= 11 is 0. The van der Waals surface area contributed by atoms with Crippen molar-refractivity contribution in [1.29, 1.82) is 0 Å². The Hall–Kier alpha value is -2.03. The summed E-state index contributed by atoms with van der Waals surface area (Å²) in [6, 6.07) is 8.94. The third-order valence-corrected chi connectivity index (χ3v) is 2.80. The van der Waals surface area contributed by atoms with Crippen molar-refractivity contribution in [3.05, 3.63) is 53.0 Å². The summed E-state index contributed by atoms with van der Waals surface area (Å²) in [6.45, 7) is 3.86. The minimum absolute atomic E-state index is 0.161. The van der Waals surface area contributed by atoms with E-state index in [0.717, 1.165) is 17.7 Å². The van der Waals surface area contributed by atoms with Crippen molar-refractivity contribution in [2.45, 2.75) is 20.3 Å². The molecule has 0 spiro atoms. The Morgan fingerprint density at radius 2 is 2.06 bits per heavy atom. The maximum absolute atomic E-state index is 12.2. The highest BCUT2D eigenvalue weighted by Gasteiger charge is 2.16. The van der Waals surface area contributed by atoms with E-state index in [1.54, 1.807) is 12.1 Å². The van der Waals surface area contributed by atoms with Crippen LogP contribution in [0.3, 0.4) is 0 Å². The Morgan fingerprint density at radius 3 is 2.71 bits per heavy atom. The molecule has 0 aliphatic carbocycles. The van der Waals surface area contributed by atoms with Gasteiger partial charge in [-0.25, -0.2) is 0 Å². The number of aryl methyl sites for hydroxylation is 2. The van der Waals surface area contributed by atoms with Crippen molar-refractivity contribution in [3.63, 3.8) is 0 Å². The molecule has 2 N–H and O–H groups in total. The topological polar surface area (TPSA) is 56.2 Å². The number of rotatable bonds is 3. The largest absolute Gasteiger partial charge is 0.458 e. The smallest absolute Gasteiger partial charge is 0.230 e. The third kappa shape index (κ3) is 2.09. The van der Waals surface area contributed by atoms with Gasteiger partial charge in [-0.1, -0.05) is 19.1 Å². The lowest BCUT2D eigenvalue weighted by Crippen LogP contribution is -2.05. The first kappa shape index (κ1) is 11.5. The molecule has 0 saturated heterocycles. The Morgan fingerprint density at radius 1 is 1.29 bits per heavy atom. The predicted molar refractivity (Wildman–Crippen MR) is 67.1 cm³/mol. The van der Waals surface area contributed by atoms with Crippen LogP contribution >= 0.6 is 0 Å². The van der Waals surface area contributed by atoms with E-state index in [9.17, 15) is 4.79 Å². The second kappa shape index (κ2) is 4.45. The summed E-state index contributed by atoms with van der Waals surface area (Å²) in [5.41, 5.74) is 7.82. The first-order chi connectivity index (χ1) is 8.13. The number of nitrogens with two attached hydrogens (primary N) is 1. The molecule has 1 aromatic carbocycles. The number of carbonyl (C=O) groups excluding carboxylic acids is 1. The summed E-state index contributed by atoms with van der Waals surface area (Å²) in [5.74, 6) is 0.990. The summed E-state index contributed by atoms with van der Waals surface area (Å²) in [7, 11) is 0. The number of carbonyl (C=O) groups is 1. The molecule has 0 unspecified atom stereocenters. The average molecular weight is 229 g/mol. The van der Waals surface area contributed by atoms with Crippen LogP contribution in [0.25, 0.3) is 0 Å². The van der Waals surface area contributed by atoms with Gasteiger partial charge in [0.05, 0.1) is 0 Å². The van der Waals surface area contributed by atoms with Crippen LogP contribution in [-0.4, -0.2) is 5.78 Å². The van der Waals surface area contributed by atoms with E-state index >= 15 is 0 Å². The van der Waals surface area contributed by atoms with Gasteiger partial charge in [-0.05, 0) is 30.7 Å². The van der Waals surface area contributed by atoms with Gasteiger partial charge in [0.15, 0.2) is 5.76 Å². The van der Waals surface area contributed by atoms with Gasteiger partial charge in [0.1, 0.15) is 5.76 Å². The Balaban J connectivity index is 2.40. The summed E-state index contributed by atoms with van der Waals surface area (Å²) in [4.78, 5) is 12.2. The Kier molecular flexibility index (Phi) is 3.00. The molecule has 0 amide bonds. The zero-order chi connectivity index (χ0) is 12.4. The van der Waals surface area contributed by atoms with Gasteiger partial charge < -0.3 is 10.2 Å². The minimum Gasteiger partial charge on any atom is -0.458 e. The van der Waals surface area contributed by atoms with Crippen molar-refractivity contribution < 1.29 is 9.21 Å².